The molecule has 0 spiro atoms. The normalized spacial score (nSPS) is 11.3. The number of pyridine rings is 1. The molecule has 4 rings (SSSR count). The first-order valence-corrected chi connectivity index (χ1v) is 12.3. The highest BCUT2D eigenvalue weighted by molar-refractivity contribution is 7.92. The maximum absolute atomic E-state index is 14.2. The molecular weight excluding hydrogens is 495 g/mol. The van der Waals surface area contributed by atoms with Crippen molar-refractivity contribution in [2.24, 2.45) is 0 Å². The second kappa shape index (κ2) is 9.97. The summed E-state index contributed by atoms with van der Waals surface area (Å²) >= 11 is 5.73. The molecule has 0 saturated heterocycles. The van der Waals surface area contributed by atoms with Crippen LogP contribution in [0.5, 0.6) is 17.2 Å². The van der Waals surface area contributed by atoms with E-state index in [0.29, 0.717) is 23.7 Å². The molecule has 0 unspecified atom stereocenters. The molecular formula is C25H22ClFN2O5S. The Bertz CT molecular complexity index is 1510. The molecule has 7 nitrogen and oxygen atoms in total. The number of hydrogen-bond donors (Lipinski definition) is 1. The van der Waals surface area contributed by atoms with Gasteiger partial charge >= 0.3 is 0 Å². The zero-order valence-electron chi connectivity index (χ0n) is 19.1. The molecule has 0 aliphatic carbocycles. The number of rotatable bonds is 8. The Balaban J connectivity index is 1.66. The van der Waals surface area contributed by atoms with Crippen LogP contribution < -0.4 is 18.9 Å². The van der Waals surface area contributed by atoms with E-state index in [9.17, 15) is 12.8 Å². The molecule has 3 aromatic carbocycles. The van der Waals surface area contributed by atoms with Gasteiger partial charge in [-0.2, -0.15) is 0 Å². The van der Waals surface area contributed by atoms with E-state index in [1.54, 1.807) is 38.6 Å². The summed E-state index contributed by atoms with van der Waals surface area (Å²) in [5.41, 5.74) is 2.75. The smallest absolute Gasteiger partial charge is 0.264 e. The van der Waals surface area contributed by atoms with Crippen molar-refractivity contribution in [2.75, 3.05) is 26.1 Å². The Labute approximate surface area is 207 Å². The van der Waals surface area contributed by atoms with Crippen LogP contribution in [-0.2, 0) is 16.4 Å². The Morgan fingerprint density at radius 3 is 2.29 bits per heavy atom. The van der Waals surface area contributed by atoms with Crippen LogP contribution >= 0.6 is 11.6 Å². The van der Waals surface area contributed by atoms with Crippen LogP contribution in [0.15, 0.2) is 65.7 Å². The van der Waals surface area contributed by atoms with Gasteiger partial charge in [-0.25, -0.2) is 12.8 Å². The monoisotopic (exact) mass is 516 g/mol. The summed E-state index contributed by atoms with van der Waals surface area (Å²) < 4.78 is 58.3. The van der Waals surface area contributed by atoms with Crippen LogP contribution in [-0.4, -0.2) is 34.7 Å². The second-order valence-electron chi connectivity index (χ2n) is 7.58. The van der Waals surface area contributed by atoms with E-state index in [4.69, 9.17) is 25.8 Å². The molecule has 1 N–H and O–H groups in total. The van der Waals surface area contributed by atoms with Gasteiger partial charge in [0.25, 0.3) is 10.0 Å². The topological polar surface area (TPSA) is 86.8 Å². The first-order chi connectivity index (χ1) is 16.7. The van der Waals surface area contributed by atoms with Crippen LogP contribution in [0.2, 0.25) is 5.02 Å². The number of methoxy groups -OCH3 is 3. The quantitative estimate of drug-likeness (QED) is 0.335. The van der Waals surface area contributed by atoms with Gasteiger partial charge in [-0.3, -0.25) is 9.71 Å². The fourth-order valence-corrected chi connectivity index (χ4v) is 5.02. The number of nitrogens with zero attached hydrogens (tertiary/aromatic N) is 1. The largest absolute Gasteiger partial charge is 0.496 e. The highest BCUT2D eigenvalue weighted by Gasteiger charge is 2.20. The summed E-state index contributed by atoms with van der Waals surface area (Å²) in [7, 11) is 0.454. The number of aromatic nitrogens is 1. The van der Waals surface area contributed by atoms with Gasteiger partial charge in [-0.05, 0) is 47.5 Å². The summed E-state index contributed by atoms with van der Waals surface area (Å²) in [5, 5.41) is 0.988. The molecule has 0 bridgehead atoms. The summed E-state index contributed by atoms with van der Waals surface area (Å²) in [5.74, 6) is 0.689. The zero-order chi connectivity index (χ0) is 25.2. The maximum atomic E-state index is 14.2. The molecule has 0 aliphatic rings. The number of anilines is 1. The van der Waals surface area contributed by atoms with Gasteiger partial charge in [0, 0.05) is 35.2 Å². The lowest BCUT2D eigenvalue weighted by Crippen LogP contribution is -2.14. The number of sulfonamides is 1. The minimum atomic E-state index is -4.17. The minimum absolute atomic E-state index is 0.104. The highest BCUT2D eigenvalue weighted by atomic mass is 35.5. The number of nitrogens with one attached hydrogen (secondary N) is 1. The number of ether oxygens (including phenoxy) is 3. The van der Waals surface area contributed by atoms with Crippen molar-refractivity contribution in [2.45, 2.75) is 11.3 Å². The Kier molecular flexibility index (Phi) is 7.00. The molecule has 0 atom stereocenters. The highest BCUT2D eigenvalue weighted by Crippen LogP contribution is 2.35. The average Bonchev–Trinajstić information content (AvgIpc) is 2.83. The van der Waals surface area contributed by atoms with Crippen LogP contribution in [0.3, 0.4) is 0 Å². The van der Waals surface area contributed by atoms with E-state index in [-0.39, 0.29) is 10.7 Å². The first-order valence-electron chi connectivity index (χ1n) is 10.4. The van der Waals surface area contributed by atoms with Crippen LogP contribution in [0.1, 0.15) is 11.1 Å². The van der Waals surface area contributed by atoms with Crippen molar-refractivity contribution in [3.63, 3.8) is 0 Å². The van der Waals surface area contributed by atoms with E-state index in [2.05, 4.69) is 9.71 Å². The Hall–Kier alpha value is -3.56. The average molecular weight is 517 g/mol. The third-order valence-electron chi connectivity index (χ3n) is 5.44. The van der Waals surface area contributed by atoms with E-state index < -0.39 is 20.7 Å². The lowest BCUT2D eigenvalue weighted by Gasteiger charge is -2.15. The van der Waals surface area contributed by atoms with E-state index in [1.165, 1.54) is 13.2 Å². The van der Waals surface area contributed by atoms with Gasteiger partial charge in [-0.15, -0.1) is 0 Å². The summed E-state index contributed by atoms with van der Waals surface area (Å²) in [6.45, 7) is 0. The van der Waals surface area contributed by atoms with E-state index >= 15 is 0 Å². The lowest BCUT2D eigenvalue weighted by atomic mass is 10.00. The lowest BCUT2D eigenvalue weighted by molar-refractivity contribution is 0.356. The molecule has 35 heavy (non-hydrogen) atoms. The SMILES string of the molecule is COc1cc(NS(=O)(=O)c2ccc(Cl)cc2F)ccc1Cc1ccnc2cc(OC)c(OC)cc12. The van der Waals surface area contributed by atoms with E-state index in [0.717, 1.165) is 34.2 Å². The predicted molar refractivity (Wildman–Crippen MR) is 133 cm³/mol. The Morgan fingerprint density at radius 2 is 1.60 bits per heavy atom. The zero-order valence-corrected chi connectivity index (χ0v) is 20.7. The van der Waals surface area contributed by atoms with Gasteiger partial charge < -0.3 is 14.2 Å². The third-order valence-corrected chi connectivity index (χ3v) is 7.09. The fourth-order valence-electron chi connectivity index (χ4n) is 3.75. The van der Waals surface area contributed by atoms with Crippen molar-refractivity contribution in [1.29, 1.82) is 0 Å². The summed E-state index contributed by atoms with van der Waals surface area (Å²) in [6.07, 6.45) is 2.19. The number of benzene rings is 3. The van der Waals surface area contributed by atoms with Gasteiger partial charge in [0.2, 0.25) is 0 Å². The molecule has 10 heteroatoms. The van der Waals surface area contributed by atoms with Gasteiger partial charge in [0.1, 0.15) is 16.5 Å². The molecule has 0 amide bonds. The number of hydrogen-bond acceptors (Lipinski definition) is 6. The Morgan fingerprint density at radius 1 is 0.886 bits per heavy atom. The minimum Gasteiger partial charge on any atom is -0.496 e. The van der Waals surface area contributed by atoms with Crippen molar-refractivity contribution in [3.05, 3.63) is 82.8 Å². The van der Waals surface area contributed by atoms with Gasteiger partial charge in [0.15, 0.2) is 11.5 Å². The molecule has 1 aromatic heterocycles. The number of fused-ring (bicyclic) bond motifs is 1. The molecule has 0 fully saturated rings. The van der Waals surface area contributed by atoms with Crippen LogP contribution in [0, 0.1) is 5.82 Å². The van der Waals surface area contributed by atoms with Gasteiger partial charge in [0.05, 0.1) is 32.5 Å². The fraction of sp³-hybridized carbons (Fsp3) is 0.160. The van der Waals surface area contributed by atoms with Crippen molar-refractivity contribution >= 4 is 38.2 Å². The third kappa shape index (κ3) is 5.11. The van der Waals surface area contributed by atoms with Crippen LogP contribution in [0.4, 0.5) is 10.1 Å². The van der Waals surface area contributed by atoms with Crippen molar-refractivity contribution < 1.29 is 27.0 Å². The standard InChI is InChI=1S/C25H22ClFN2O5S/c1-32-22-12-18(29-35(30,31)25-7-5-17(26)11-20(25)27)6-4-16(22)10-15-8-9-28-21-14-24(34-3)23(33-2)13-19(15)21/h4-9,11-14,29H,10H2,1-3H3. The summed E-state index contributed by atoms with van der Waals surface area (Å²) in [4.78, 5) is 3.92. The van der Waals surface area contributed by atoms with Gasteiger partial charge in [-0.1, -0.05) is 17.7 Å². The molecule has 0 saturated carbocycles. The molecule has 0 radical (unpaired) electrons. The molecule has 182 valence electrons. The number of halogens is 2. The maximum Gasteiger partial charge on any atom is 0.264 e. The van der Waals surface area contributed by atoms with Crippen molar-refractivity contribution in [3.8, 4) is 17.2 Å². The van der Waals surface area contributed by atoms with E-state index in [1.807, 2.05) is 18.2 Å². The molecule has 1 heterocycles. The van der Waals surface area contributed by atoms with Crippen molar-refractivity contribution in [1.82, 2.24) is 4.98 Å². The predicted octanol–water partition coefficient (Wildman–Crippen LogP) is 5.44. The molecule has 4 aromatic rings. The first kappa shape index (κ1) is 24.6. The second-order valence-corrected chi connectivity index (χ2v) is 9.67. The van der Waals surface area contributed by atoms with Crippen LogP contribution in [0.25, 0.3) is 10.9 Å². The molecule has 0 aliphatic heterocycles. The summed E-state index contributed by atoms with van der Waals surface area (Å²) in [6, 6.07) is 13.8.